The van der Waals surface area contributed by atoms with Gasteiger partial charge in [-0.2, -0.15) is 5.26 Å². The van der Waals surface area contributed by atoms with Crippen molar-refractivity contribution in [3.8, 4) is 6.07 Å². The summed E-state index contributed by atoms with van der Waals surface area (Å²) < 4.78 is 5.23. The molecule has 3 heterocycles. The van der Waals surface area contributed by atoms with E-state index in [0.29, 0.717) is 22.7 Å². The molecule has 0 atom stereocenters. The number of aromatic nitrogens is 2. The second kappa shape index (κ2) is 4.74. The number of carbonyl (C=O) groups excluding carboxylic acids is 1. The summed E-state index contributed by atoms with van der Waals surface area (Å²) in [5.74, 6) is -0.335. The monoisotopic (exact) mass is 295 g/mol. The third-order valence-electron chi connectivity index (χ3n) is 3.72. The summed E-state index contributed by atoms with van der Waals surface area (Å²) in [4.78, 5) is 29.3. The molecule has 2 aromatic heterocycles. The molecule has 0 aromatic carbocycles. The number of cyclic esters (lactones) is 1. The number of esters is 1. The summed E-state index contributed by atoms with van der Waals surface area (Å²) in [6, 6.07) is 3.78. The first-order chi connectivity index (χ1) is 10.4. The van der Waals surface area contributed by atoms with Crippen molar-refractivity contribution in [3.63, 3.8) is 0 Å². The van der Waals surface area contributed by atoms with Gasteiger partial charge >= 0.3 is 5.97 Å². The molecule has 0 saturated heterocycles. The third-order valence-corrected chi connectivity index (χ3v) is 3.72. The minimum absolute atomic E-state index is 0.0169. The summed E-state index contributed by atoms with van der Waals surface area (Å²) in [5, 5.41) is 9.06. The van der Waals surface area contributed by atoms with Crippen LogP contribution in [-0.4, -0.2) is 15.9 Å². The Hall–Kier alpha value is -3.07. The quantitative estimate of drug-likeness (QED) is 0.787. The van der Waals surface area contributed by atoms with Gasteiger partial charge in [-0.15, -0.1) is 0 Å². The van der Waals surface area contributed by atoms with E-state index in [9.17, 15) is 9.59 Å². The van der Waals surface area contributed by atoms with Crippen LogP contribution in [0.5, 0.6) is 0 Å². The highest BCUT2D eigenvalue weighted by Crippen LogP contribution is 2.31. The highest BCUT2D eigenvalue weighted by molar-refractivity contribution is 6.05. The van der Waals surface area contributed by atoms with Crippen LogP contribution in [-0.2, 0) is 4.74 Å². The van der Waals surface area contributed by atoms with E-state index in [4.69, 9.17) is 10.00 Å². The van der Waals surface area contributed by atoms with E-state index >= 15 is 0 Å². The second-order valence-corrected chi connectivity index (χ2v) is 5.24. The largest absolute Gasteiger partial charge is 0.422 e. The molecule has 3 rings (SSSR count). The fourth-order valence-corrected chi connectivity index (χ4v) is 2.62. The zero-order chi connectivity index (χ0) is 16.0. The normalized spacial score (nSPS) is 14.8. The maximum Gasteiger partial charge on any atom is 0.349 e. The van der Waals surface area contributed by atoms with E-state index in [1.165, 1.54) is 0 Å². The SMILES string of the molecule is Cc1cc2c(c(=O)[nH]1)C(=O)OC2=Cc1c(C)[nH]c(C#N)c1C. The Morgan fingerprint density at radius 3 is 2.59 bits per heavy atom. The van der Waals surface area contributed by atoms with Gasteiger partial charge in [0.05, 0.1) is 0 Å². The number of ether oxygens (including phenoxy) is 1. The van der Waals surface area contributed by atoms with Gasteiger partial charge in [0.25, 0.3) is 5.56 Å². The van der Waals surface area contributed by atoms with Crippen molar-refractivity contribution in [1.82, 2.24) is 9.97 Å². The van der Waals surface area contributed by atoms with Crippen LogP contribution in [0.15, 0.2) is 10.9 Å². The zero-order valence-electron chi connectivity index (χ0n) is 12.3. The molecule has 22 heavy (non-hydrogen) atoms. The van der Waals surface area contributed by atoms with Crippen LogP contribution in [0.1, 0.15) is 44.1 Å². The molecule has 0 unspecified atom stereocenters. The van der Waals surface area contributed by atoms with Gasteiger partial charge in [0.2, 0.25) is 0 Å². The second-order valence-electron chi connectivity index (χ2n) is 5.24. The molecule has 0 amide bonds. The average Bonchev–Trinajstić information content (AvgIpc) is 2.90. The number of nitriles is 1. The van der Waals surface area contributed by atoms with E-state index < -0.39 is 11.5 Å². The summed E-state index contributed by atoms with van der Waals surface area (Å²) in [5.41, 5.74) is 3.51. The minimum atomic E-state index is -0.658. The van der Waals surface area contributed by atoms with Crippen LogP contribution in [0.3, 0.4) is 0 Å². The lowest BCUT2D eigenvalue weighted by Crippen LogP contribution is -2.16. The van der Waals surface area contributed by atoms with Crippen molar-refractivity contribution in [2.75, 3.05) is 0 Å². The smallest absolute Gasteiger partial charge is 0.349 e. The van der Waals surface area contributed by atoms with E-state index in [1.54, 1.807) is 19.1 Å². The predicted molar refractivity (Wildman–Crippen MR) is 80.1 cm³/mol. The van der Waals surface area contributed by atoms with Gasteiger partial charge in [0.1, 0.15) is 23.1 Å². The predicted octanol–water partition coefficient (Wildman–Crippen LogP) is 2.17. The first-order valence-electron chi connectivity index (χ1n) is 6.69. The number of aryl methyl sites for hydroxylation is 2. The standard InChI is InChI=1S/C16H13N3O3/c1-7-4-11-13(22-16(21)14(11)15(20)18-7)5-10-8(2)12(6-17)19-9(10)3/h4-5,19H,1-3H3,(H,18,20). The fourth-order valence-electron chi connectivity index (χ4n) is 2.62. The summed E-state index contributed by atoms with van der Waals surface area (Å²) in [7, 11) is 0. The van der Waals surface area contributed by atoms with Crippen LogP contribution in [0, 0.1) is 32.1 Å². The van der Waals surface area contributed by atoms with E-state index in [-0.39, 0.29) is 5.56 Å². The molecule has 0 bridgehead atoms. The maximum atomic E-state index is 11.9. The lowest BCUT2D eigenvalue weighted by atomic mass is 10.1. The number of pyridine rings is 1. The Morgan fingerprint density at radius 2 is 1.95 bits per heavy atom. The van der Waals surface area contributed by atoms with Crippen LogP contribution < -0.4 is 5.56 Å². The van der Waals surface area contributed by atoms with Crippen LogP contribution in [0.4, 0.5) is 0 Å². The highest BCUT2D eigenvalue weighted by Gasteiger charge is 2.30. The molecule has 0 saturated carbocycles. The average molecular weight is 295 g/mol. The molecule has 1 aliphatic heterocycles. The van der Waals surface area contributed by atoms with Crippen LogP contribution in [0.2, 0.25) is 0 Å². The van der Waals surface area contributed by atoms with Crippen LogP contribution >= 0.6 is 0 Å². The summed E-state index contributed by atoms with van der Waals surface area (Å²) in [6.07, 6.45) is 1.69. The van der Waals surface area contributed by atoms with E-state index in [1.807, 2.05) is 13.8 Å². The topological polar surface area (TPSA) is 98.7 Å². The number of hydrogen-bond acceptors (Lipinski definition) is 4. The fraction of sp³-hybridized carbons (Fsp3) is 0.188. The van der Waals surface area contributed by atoms with Gasteiger partial charge < -0.3 is 14.7 Å². The Bertz CT molecular complexity index is 939. The van der Waals surface area contributed by atoms with E-state index in [0.717, 1.165) is 16.8 Å². The molecule has 6 nitrogen and oxygen atoms in total. The van der Waals surface area contributed by atoms with Crippen molar-refractivity contribution < 1.29 is 9.53 Å². The summed E-state index contributed by atoms with van der Waals surface area (Å²) in [6.45, 7) is 5.39. The molecule has 2 aromatic rings. The first kappa shape index (κ1) is 13.9. The van der Waals surface area contributed by atoms with Crippen molar-refractivity contribution >= 4 is 17.8 Å². The molecule has 0 fully saturated rings. The first-order valence-corrected chi connectivity index (χ1v) is 6.69. The number of nitrogens with zero attached hydrogens (tertiary/aromatic N) is 1. The Kier molecular flexibility index (Phi) is 2.99. The van der Waals surface area contributed by atoms with Gasteiger partial charge in [-0.3, -0.25) is 4.79 Å². The van der Waals surface area contributed by atoms with Gasteiger partial charge in [0.15, 0.2) is 0 Å². The molecule has 6 heteroatoms. The number of aromatic amines is 2. The lowest BCUT2D eigenvalue weighted by molar-refractivity contribution is 0.0715. The number of hydrogen-bond donors (Lipinski definition) is 2. The Labute approximate surface area is 126 Å². The zero-order valence-corrected chi connectivity index (χ0v) is 12.3. The molecule has 1 aliphatic rings. The number of carbonyl (C=O) groups is 1. The molecule has 0 radical (unpaired) electrons. The third kappa shape index (κ3) is 1.95. The lowest BCUT2D eigenvalue weighted by Gasteiger charge is -2.01. The van der Waals surface area contributed by atoms with Crippen molar-refractivity contribution in [2.24, 2.45) is 0 Å². The number of fused-ring (bicyclic) bond motifs is 1. The number of nitrogens with one attached hydrogen (secondary N) is 2. The molecular formula is C16H13N3O3. The molecule has 0 spiro atoms. The maximum absolute atomic E-state index is 11.9. The number of H-pyrrole nitrogens is 2. The van der Waals surface area contributed by atoms with Gasteiger partial charge in [-0.25, -0.2) is 4.79 Å². The molecule has 110 valence electrons. The van der Waals surface area contributed by atoms with Crippen molar-refractivity contribution in [3.05, 3.63) is 55.8 Å². The van der Waals surface area contributed by atoms with Gasteiger partial charge in [-0.05, 0) is 38.5 Å². The summed E-state index contributed by atoms with van der Waals surface area (Å²) >= 11 is 0. The number of rotatable bonds is 1. The molecule has 2 N–H and O–H groups in total. The Balaban J connectivity index is 2.22. The molecular weight excluding hydrogens is 282 g/mol. The van der Waals surface area contributed by atoms with Crippen molar-refractivity contribution in [1.29, 1.82) is 5.26 Å². The van der Waals surface area contributed by atoms with Gasteiger partial charge in [0, 0.05) is 22.5 Å². The van der Waals surface area contributed by atoms with Crippen molar-refractivity contribution in [2.45, 2.75) is 20.8 Å². The Morgan fingerprint density at radius 1 is 1.23 bits per heavy atom. The van der Waals surface area contributed by atoms with Gasteiger partial charge in [-0.1, -0.05) is 0 Å². The minimum Gasteiger partial charge on any atom is -0.422 e. The van der Waals surface area contributed by atoms with Crippen LogP contribution in [0.25, 0.3) is 11.8 Å². The highest BCUT2D eigenvalue weighted by atomic mass is 16.5. The van der Waals surface area contributed by atoms with E-state index in [2.05, 4.69) is 16.0 Å². The molecule has 0 aliphatic carbocycles.